The number of piperidine rings is 1. The summed E-state index contributed by atoms with van der Waals surface area (Å²) in [5, 5.41) is 3.25. The van der Waals surface area contributed by atoms with Gasteiger partial charge in [-0.25, -0.2) is 4.39 Å². The zero-order valence-corrected chi connectivity index (χ0v) is 23.6. The van der Waals surface area contributed by atoms with Crippen molar-refractivity contribution in [3.8, 4) is 11.5 Å². The summed E-state index contributed by atoms with van der Waals surface area (Å²) < 4.78 is 24.7. The van der Waals surface area contributed by atoms with Crippen LogP contribution in [-0.4, -0.2) is 55.1 Å². The predicted molar refractivity (Wildman–Crippen MR) is 153 cm³/mol. The predicted octanol–water partition coefficient (Wildman–Crippen LogP) is 4.60. The highest BCUT2D eigenvalue weighted by Crippen LogP contribution is 2.57. The molecule has 2 heterocycles. The highest BCUT2D eigenvalue weighted by molar-refractivity contribution is 5.92. The van der Waals surface area contributed by atoms with Crippen LogP contribution in [0.4, 0.5) is 4.39 Å². The Morgan fingerprint density at radius 3 is 2.39 bits per heavy atom. The molecule has 1 N–H and O–H groups in total. The molecule has 3 aromatic rings. The minimum absolute atomic E-state index is 0.0268. The molecule has 0 unspecified atom stereocenters. The van der Waals surface area contributed by atoms with Crippen molar-refractivity contribution in [2.24, 2.45) is 5.92 Å². The number of amides is 2. The van der Waals surface area contributed by atoms with Gasteiger partial charge in [0.2, 0.25) is 18.6 Å². The van der Waals surface area contributed by atoms with Gasteiger partial charge in [0.15, 0.2) is 11.5 Å². The van der Waals surface area contributed by atoms with Crippen molar-refractivity contribution >= 4 is 11.8 Å². The van der Waals surface area contributed by atoms with E-state index in [4.69, 9.17) is 9.47 Å². The van der Waals surface area contributed by atoms with Crippen LogP contribution >= 0.6 is 0 Å². The first kappa shape index (κ1) is 27.3. The Labute approximate surface area is 240 Å². The van der Waals surface area contributed by atoms with E-state index in [0.717, 1.165) is 55.6 Å². The molecule has 1 saturated carbocycles. The molecule has 0 bridgehead atoms. The lowest BCUT2D eigenvalue weighted by Crippen LogP contribution is -2.53. The summed E-state index contributed by atoms with van der Waals surface area (Å²) in [6.45, 7) is 4.59. The number of hydrogen-bond acceptors (Lipinski definition) is 5. The monoisotopic (exact) mass is 557 g/mol. The molecule has 1 aliphatic carbocycles. The number of nitrogens with one attached hydrogen (secondary N) is 1. The molecule has 214 valence electrons. The summed E-state index contributed by atoms with van der Waals surface area (Å²) in [5.41, 5.74) is 1.91. The van der Waals surface area contributed by atoms with Gasteiger partial charge >= 0.3 is 0 Å². The molecule has 41 heavy (non-hydrogen) atoms. The van der Waals surface area contributed by atoms with E-state index >= 15 is 0 Å². The molecule has 2 aliphatic heterocycles. The van der Waals surface area contributed by atoms with E-state index in [1.54, 1.807) is 24.0 Å². The topological polar surface area (TPSA) is 71.1 Å². The number of hydrogen-bond donors (Lipinski definition) is 1. The van der Waals surface area contributed by atoms with Crippen LogP contribution in [0.3, 0.4) is 0 Å². The highest BCUT2D eigenvalue weighted by Gasteiger charge is 2.62. The Hall–Kier alpha value is -3.91. The molecule has 2 atom stereocenters. The summed E-state index contributed by atoms with van der Waals surface area (Å²) in [7, 11) is 1.82. The smallest absolute Gasteiger partial charge is 0.233 e. The Balaban J connectivity index is 1.21. The van der Waals surface area contributed by atoms with Crippen LogP contribution in [0.5, 0.6) is 11.5 Å². The molecule has 0 radical (unpaired) electrons. The van der Waals surface area contributed by atoms with Crippen LogP contribution in [0.1, 0.15) is 42.9 Å². The third-order valence-electron chi connectivity index (χ3n) is 8.98. The first-order valence-electron chi connectivity index (χ1n) is 14.3. The standard InChI is InChI=1S/C33H36FN3O4/c1-23(38)35-32(25-6-4-3-5-7-25)14-16-37(17-15-32)21-27-19-33(27,26-10-13-29-30(18-26)41-22-40-29)31(39)36(2)20-24-8-11-28(34)12-9-24/h3-13,18,27H,14-17,19-22H2,1-2H3,(H,35,38)/t27-,33+/m0/s1. The van der Waals surface area contributed by atoms with Crippen LogP contribution < -0.4 is 14.8 Å². The third kappa shape index (κ3) is 5.28. The lowest BCUT2D eigenvalue weighted by molar-refractivity contribution is -0.133. The summed E-state index contributed by atoms with van der Waals surface area (Å²) in [6.07, 6.45) is 2.35. The maximum atomic E-state index is 14.2. The summed E-state index contributed by atoms with van der Waals surface area (Å²) in [5.74, 6) is 1.23. The Morgan fingerprint density at radius 2 is 1.68 bits per heavy atom. The van der Waals surface area contributed by atoms with Gasteiger partial charge in [0.25, 0.3) is 0 Å². The van der Waals surface area contributed by atoms with Crippen molar-refractivity contribution in [1.82, 2.24) is 15.1 Å². The molecule has 0 aromatic heterocycles. The van der Waals surface area contributed by atoms with Gasteiger partial charge in [0.1, 0.15) is 5.82 Å². The molecule has 3 aliphatic rings. The quantitative estimate of drug-likeness (QED) is 0.439. The van der Waals surface area contributed by atoms with E-state index in [1.165, 1.54) is 12.1 Å². The first-order valence-corrected chi connectivity index (χ1v) is 14.3. The summed E-state index contributed by atoms with van der Waals surface area (Å²) >= 11 is 0. The Morgan fingerprint density at radius 1 is 0.976 bits per heavy atom. The maximum absolute atomic E-state index is 14.2. The number of carbonyl (C=O) groups is 2. The number of fused-ring (bicyclic) bond motifs is 1. The van der Waals surface area contributed by atoms with Gasteiger partial charge in [-0.3, -0.25) is 9.59 Å². The fourth-order valence-electron chi connectivity index (χ4n) is 6.75. The molecule has 2 fully saturated rings. The Kier molecular flexibility index (Phi) is 7.20. The molecule has 1 saturated heterocycles. The average molecular weight is 558 g/mol. The molecular formula is C33H36FN3O4. The second kappa shape index (κ2) is 10.8. The lowest BCUT2D eigenvalue weighted by Gasteiger charge is -2.43. The highest BCUT2D eigenvalue weighted by atomic mass is 19.1. The van der Waals surface area contributed by atoms with Crippen molar-refractivity contribution in [2.75, 3.05) is 33.5 Å². The van der Waals surface area contributed by atoms with Gasteiger partial charge in [-0.15, -0.1) is 0 Å². The number of ether oxygens (including phenoxy) is 2. The van der Waals surface area contributed by atoms with Crippen LogP contribution in [0, 0.1) is 11.7 Å². The number of halogens is 1. The minimum Gasteiger partial charge on any atom is -0.454 e. The number of likely N-dealkylation sites (N-methyl/N-ethyl adjacent to an activating group) is 1. The normalized spacial score (nSPS) is 22.7. The molecule has 6 rings (SSSR count). The van der Waals surface area contributed by atoms with Crippen molar-refractivity contribution in [3.63, 3.8) is 0 Å². The van der Waals surface area contributed by atoms with Crippen molar-refractivity contribution in [1.29, 1.82) is 0 Å². The number of rotatable bonds is 8. The second-order valence-electron chi connectivity index (χ2n) is 11.7. The van der Waals surface area contributed by atoms with Gasteiger partial charge in [-0.1, -0.05) is 48.5 Å². The van der Waals surface area contributed by atoms with Gasteiger partial charge < -0.3 is 24.6 Å². The number of likely N-dealkylation sites (tertiary alicyclic amines) is 1. The van der Waals surface area contributed by atoms with Gasteiger partial charge in [-0.2, -0.15) is 0 Å². The van der Waals surface area contributed by atoms with Gasteiger partial charge in [0.05, 0.1) is 11.0 Å². The van der Waals surface area contributed by atoms with E-state index in [1.807, 2.05) is 43.4 Å². The fourth-order valence-corrected chi connectivity index (χ4v) is 6.75. The first-order chi connectivity index (χ1) is 19.8. The molecule has 7 nitrogen and oxygen atoms in total. The maximum Gasteiger partial charge on any atom is 0.233 e. The molecule has 0 spiro atoms. The molecule has 8 heteroatoms. The van der Waals surface area contributed by atoms with Crippen molar-refractivity contribution in [3.05, 3.63) is 95.3 Å². The van der Waals surface area contributed by atoms with Crippen LogP contribution in [-0.2, 0) is 27.1 Å². The Bertz CT molecular complexity index is 1420. The molecular weight excluding hydrogens is 521 g/mol. The largest absolute Gasteiger partial charge is 0.454 e. The summed E-state index contributed by atoms with van der Waals surface area (Å²) in [4.78, 5) is 30.5. The zero-order chi connectivity index (χ0) is 28.6. The van der Waals surface area contributed by atoms with Crippen LogP contribution in [0.15, 0.2) is 72.8 Å². The number of benzene rings is 3. The second-order valence-corrected chi connectivity index (χ2v) is 11.7. The number of carbonyl (C=O) groups excluding carboxylic acids is 2. The number of nitrogens with zero attached hydrogens (tertiary/aromatic N) is 2. The van der Waals surface area contributed by atoms with E-state index in [2.05, 4.69) is 22.3 Å². The van der Waals surface area contributed by atoms with Crippen LogP contribution in [0.25, 0.3) is 0 Å². The zero-order valence-electron chi connectivity index (χ0n) is 23.6. The summed E-state index contributed by atoms with van der Waals surface area (Å²) in [6, 6.07) is 22.3. The third-order valence-corrected chi connectivity index (χ3v) is 8.98. The van der Waals surface area contributed by atoms with Crippen LogP contribution in [0.2, 0.25) is 0 Å². The van der Waals surface area contributed by atoms with E-state index in [9.17, 15) is 14.0 Å². The van der Waals surface area contributed by atoms with E-state index in [-0.39, 0.29) is 35.9 Å². The minimum atomic E-state index is -0.665. The fraction of sp³-hybridized carbons (Fsp3) is 0.394. The average Bonchev–Trinajstić information content (AvgIpc) is 3.49. The van der Waals surface area contributed by atoms with E-state index in [0.29, 0.717) is 18.0 Å². The molecule has 3 aromatic carbocycles. The van der Waals surface area contributed by atoms with Crippen molar-refractivity contribution in [2.45, 2.75) is 43.7 Å². The SMILES string of the molecule is CC(=O)NC1(c2ccccc2)CCN(C[C@@H]2C[C@@]2(C(=O)N(C)Cc2ccc(F)cc2)c2ccc3c(c2)OCO3)CC1. The lowest BCUT2D eigenvalue weighted by atomic mass is 9.80. The molecule has 2 amide bonds. The van der Waals surface area contributed by atoms with Gasteiger partial charge in [-0.05, 0) is 66.1 Å². The van der Waals surface area contributed by atoms with E-state index < -0.39 is 5.41 Å². The van der Waals surface area contributed by atoms with Gasteiger partial charge in [0, 0.05) is 40.2 Å². The van der Waals surface area contributed by atoms with Crippen molar-refractivity contribution < 1.29 is 23.5 Å².